The van der Waals surface area contributed by atoms with Crippen LogP contribution < -0.4 is 43.0 Å². The number of urea groups is 1. The number of carbonyl (C=O) groups excluding carboxylic acids is 4. The molecule has 20 heteroatoms. The van der Waals surface area contributed by atoms with Gasteiger partial charge in [-0.25, -0.2) is 23.6 Å². The van der Waals surface area contributed by atoms with E-state index in [1.165, 1.54) is 17.2 Å². The molecule has 2 aliphatic heterocycles. The molecule has 19 nitrogen and oxygen atoms in total. The summed E-state index contributed by atoms with van der Waals surface area (Å²) in [4.78, 5) is 78.7. The van der Waals surface area contributed by atoms with Gasteiger partial charge in [0.15, 0.2) is 0 Å². The predicted molar refractivity (Wildman–Crippen MR) is 240 cm³/mol. The summed E-state index contributed by atoms with van der Waals surface area (Å²) in [6.45, 7) is 5.60. The number of hydrogen-bond donors (Lipinski definition) is 7. The molecule has 2 aliphatic rings. The van der Waals surface area contributed by atoms with E-state index >= 15 is 4.39 Å². The molecule has 0 radical (unpaired) electrons. The smallest absolute Gasteiger partial charge is 0.410 e. The number of pyridine rings is 1. The number of carboxylic acid groups (broad SMARTS) is 1. The van der Waals surface area contributed by atoms with Gasteiger partial charge in [0.05, 0.1) is 22.9 Å². The Balaban J connectivity index is 1.03. The highest BCUT2D eigenvalue weighted by molar-refractivity contribution is 5.95. The number of carboxylic acids is 1. The number of rotatable bonds is 19. The highest BCUT2D eigenvalue weighted by atomic mass is 19.1. The van der Waals surface area contributed by atoms with Gasteiger partial charge in [0.25, 0.3) is 0 Å². The summed E-state index contributed by atoms with van der Waals surface area (Å²) in [5, 5.41) is 19.5. The molecule has 8 N–H and O–H groups in total. The van der Waals surface area contributed by atoms with Crippen LogP contribution in [0.4, 0.5) is 30.1 Å². The number of anilines is 2. The second kappa shape index (κ2) is 22.3. The first-order valence-corrected chi connectivity index (χ1v) is 21.5. The van der Waals surface area contributed by atoms with E-state index in [4.69, 9.17) is 15.2 Å². The number of nitrogens with zero attached hydrogens (tertiary/aromatic N) is 4. The van der Waals surface area contributed by atoms with Gasteiger partial charge < -0.3 is 56.1 Å². The van der Waals surface area contributed by atoms with Crippen molar-refractivity contribution >= 4 is 52.4 Å². The van der Waals surface area contributed by atoms with Crippen LogP contribution in [0.15, 0.2) is 89.6 Å². The Morgan fingerprint density at radius 2 is 1.62 bits per heavy atom. The highest BCUT2D eigenvalue weighted by Crippen LogP contribution is 2.27. The molecule has 4 aromatic rings. The maximum absolute atomic E-state index is 15.4. The minimum Gasteiger partial charge on any atom is -0.477 e. The number of aryl methyl sites for hydroxylation is 1. The monoisotopic (exact) mass is 898 g/mol. The summed E-state index contributed by atoms with van der Waals surface area (Å²) >= 11 is 0. The van der Waals surface area contributed by atoms with E-state index in [0.29, 0.717) is 61.4 Å². The van der Waals surface area contributed by atoms with Gasteiger partial charge in [0.2, 0.25) is 11.3 Å². The van der Waals surface area contributed by atoms with Gasteiger partial charge in [-0.1, -0.05) is 62.2 Å². The van der Waals surface area contributed by atoms with Gasteiger partial charge in [-0.05, 0) is 61.6 Å². The summed E-state index contributed by atoms with van der Waals surface area (Å²) in [6, 6.07) is 16.9. The zero-order valence-corrected chi connectivity index (χ0v) is 36.3. The van der Waals surface area contributed by atoms with Crippen LogP contribution in [-0.4, -0.2) is 94.5 Å². The minimum atomic E-state index is -1.38. The first-order valence-electron chi connectivity index (χ1n) is 21.5. The molecule has 346 valence electrons. The number of nitrogens with two attached hydrogens (primary N) is 1. The lowest BCUT2D eigenvalue weighted by Crippen LogP contribution is -2.49. The van der Waals surface area contributed by atoms with Gasteiger partial charge in [-0.15, -0.1) is 5.53 Å². The number of carbonyl (C=O) groups is 5. The summed E-state index contributed by atoms with van der Waals surface area (Å²) in [7, 11) is 0. The average molecular weight is 899 g/mol. The van der Waals surface area contributed by atoms with Crippen LogP contribution in [0.1, 0.15) is 67.4 Å². The SMILES string of the molecule is CCCC[C@H](NC(=O)OCc1ccccc1)C1=CN([C@@H](CCCNC(N)=O)C(=O)Nc2ccc(COC(=O)N3CCN(c4cc5c(cc4F)c(=O)c(C(=O)O)cn5CC)CC3)cc2)NN1. The molecular weight excluding hydrogens is 844 g/mol. The van der Waals surface area contributed by atoms with E-state index in [-0.39, 0.29) is 49.8 Å². The van der Waals surface area contributed by atoms with E-state index < -0.39 is 53.1 Å². The Morgan fingerprint density at radius 3 is 2.29 bits per heavy atom. The zero-order chi connectivity index (χ0) is 46.5. The molecule has 1 saturated heterocycles. The minimum absolute atomic E-state index is 0.0216. The molecule has 0 spiro atoms. The quantitative estimate of drug-likeness (QED) is 0.0631. The molecule has 0 bridgehead atoms. The molecular formula is C45H55FN10O9. The van der Waals surface area contributed by atoms with Gasteiger partial charge in [-0.3, -0.25) is 14.6 Å². The number of primary amides is 1. The normalized spacial score (nSPS) is 14.5. The Bertz CT molecular complexity index is 2430. The van der Waals surface area contributed by atoms with E-state index in [0.717, 1.165) is 24.5 Å². The van der Waals surface area contributed by atoms with E-state index in [1.807, 2.05) is 37.3 Å². The Labute approximate surface area is 374 Å². The van der Waals surface area contributed by atoms with Crippen molar-refractivity contribution in [3.63, 3.8) is 0 Å². The first kappa shape index (κ1) is 47.1. The van der Waals surface area contributed by atoms with Crippen LogP contribution in [0.5, 0.6) is 0 Å². The highest BCUT2D eigenvalue weighted by Gasteiger charge is 2.31. The lowest BCUT2D eigenvalue weighted by atomic mass is 10.1. The summed E-state index contributed by atoms with van der Waals surface area (Å²) < 4.78 is 28.0. The molecule has 1 fully saturated rings. The van der Waals surface area contributed by atoms with Crippen molar-refractivity contribution in [1.29, 1.82) is 0 Å². The maximum atomic E-state index is 15.4. The number of unbranched alkanes of at least 4 members (excludes halogenated alkanes) is 1. The molecule has 6 rings (SSSR count). The Kier molecular flexibility index (Phi) is 16.2. The van der Waals surface area contributed by atoms with Crippen LogP contribution in [0.3, 0.4) is 0 Å². The van der Waals surface area contributed by atoms with Crippen LogP contribution in [0, 0.1) is 5.82 Å². The predicted octanol–water partition coefficient (Wildman–Crippen LogP) is 4.72. The van der Waals surface area contributed by atoms with Crippen molar-refractivity contribution in [2.45, 2.75) is 77.8 Å². The van der Waals surface area contributed by atoms with Crippen LogP contribution in [0.2, 0.25) is 0 Å². The van der Waals surface area contributed by atoms with Crippen molar-refractivity contribution in [2.75, 3.05) is 42.9 Å². The molecule has 3 aromatic carbocycles. The van der Waals surface area contributed by atoms with E-state index in [2.05, 4.69) is 26.9 Å². The van der Waals surface area contributed by atoms with E-state index in [1.54, 1.807) is 51.9 Å². The van der Waals surface area contributed by atoms with E-state index in [9.17, 15) is 33.9 Å². The number of alkyl carbamates (subject to hydrolysis) is 1. The lowest BCUT2D eigenvalue weighted by Gasteiger charge is -2.35. The number of aromatic carboxylic acids is 1. The number of amides is 5. The van der Waals surface area contributed by atoms with Crippen molar-refractivity contribution in [3.05, 3.63) is 118 Å². The maximum Gasteiger partial charge on any atom is 0.410 e. The first-order chi connectivity index (χ1) is 31.3. The zero-order valence-electron chi connectivity index (χ0n) is 36.3. The van der Waals surface area contributed by atoms with Crippen LogP contribution >= 0.6 is 0 Å². The molecule has 2 atom stereocenters. The van der Waals surface area contributed by atoms with Gasteiger partial charge in [-0.2, -0.15) is 0 Å². The summed E-state index contributed by atoms with van der Waals surface area (Å²) in [5.74, 6) is -2.41. The third-order valence-electron chi connectivity index (χ3n) is 11.1. The number of piperazine rings is 1. The number of fused-ring (bicyclic) bond motifs is 1. The molecule has 0 aliphatic carbocycles. The molecule has 3 heterocycles. The van der Waals surface area contributed by atoms with Crippen molar-refractivity contribution in [2.24, 2.45) is 5.73 Å². The fraction of sp³-hybridized carbons (Fsp3) is 0.378. The number of halogens is 1. The number of aromatic nitrogens is 1. The summed E-state index contributed by atoms with van der Waals surface area (Å²) in [6.07, 6.45) is 4.92. The number of nitrogens with one attached hydrogen (secondary N) is 5. The molecule has 65 heavy (non-hydrogen) atoms. The van der Waals surface area contributed by atoms with Crippen molar-refractivity contribution < 1.29 is 42.9 Å². The molecule has 5 amide bonds. The van der Waals surface area contributed by atoms with Gasteiger partial charge >= 0.3 is 24.2 Å². The Hall–Kier alpha value is -7.35. The number of hydrazine groups is 2. The van der Waals surface area contributed by atoms with Crippen LogP contribution in [0.25, 0.3) is 10.9 Å². The standard InChI is InChI=1S/C45H55FN10O9/c1-3-5-12-35(50-44(62)64-27-29-10-7-6-8-11-29)36-26-56(52-51-36)37(13-9-18-48-43(47)61)41(58)49-31-16-14-30(15-17-31)28-65-45(63)55-21-19-54(20-22-55)39-24-38-32(23-34(39)46)40(57)33(42(59)60)25-53(38)4-2/h6-8,10-11,14-17,23-26,35,37,51-52H,3-5,9,12-13,18-22,27-28H2,1-2H3,(H,49,58)(H,50,62)(H,59,60)(H3,47,48,61)/t35-,37-/m0/s1. The second-order valence-electron chi connectivity index (χ2n) is 15.6. The summed E-state index contributed by atoms with van der Waals surface area (Å²) in [5.41, 5.74) is 13.5. The van der Waals surface area contributed by atoms with Gasteiger partial charge in [0, 0.05) is 62.7 Å². The van der Waals surface area contributed by atoms with Gasteiger partial charge in [0.1, 0.15) is 30.6 Å². The molecule has 1 aromatic heterocycles. The number of ether oxygens (including phenoxy) is 2. The fourth-order valence-corrected chi connectivity index (χ4v) is 7.54. The number of hydrogen-bond acceptors (Lipinski definition) is 12. The third-order valence-corrected chi connectivity index (χ3v) is 11.1. The van der Waals surface area contributed by atoms with Crippen molar-refractivity contribution in [3.8, 4) is 0 Å². The molecule has 0 saturated carbocycles. The largest absolute Gasteiger partial charge is 0.477 e. The Morgan fingerprint density at radius 1 is 0.908 bits per heavy atom. The molecule has 0 unspecified atom stereocenters. The second-order valence-corrected chi connectivity index (χ2v) is 15.6. The van der Waals surface area contributed by atoms with Crippen LogP contribution in [-0.2, 0) is 34.0 Å². The fourth-order valence-electron chi connectivity index (χ4n) is 7.54. The average Bonchev–Trinajstić information content (AvgIpc) is 3.79. The van der Waals surface area contributed by atoms with Crippen molar-refractivity contribution in [1.82, 2.24) is 36.1 Å². The lowest BCUT2D eigenvalue weighted by molar-refractivity contribution is -0.121. The topological polar surface area (TPSA) is 242 Å². The number of benzene rings is 3. The third kappa shape index (κ3) is 12.4.